The van der Waals surface area contributed by atoms with Crippen LogP contribution in [0.2, 0.25) is 0 Å². The van der Waals surface area contributed by atoms with Gasteiger partial charge in [0.1, 0.15) is 0 Å². The minimum Gasteiger partial charge on any atom is -0.375 e. The van der Waals surface area contributed by atoms with Crippen LogP contribution >= 0.6 is 0 Å². The molecule has 0 bridgehead atoms. The number of nitrogens with two attached hydrogens (primary N) is 1. The van der Waals surface area contributed by atoms with Crippen molar-refractivity contribution < 1.29 is 4.74 Å². The van der Waals surface area contributed by atoms with Crippen LogP contribution in [0.1, 0.15) is 25.0 Å². The highest BCUT2D eigenvalue weighted by molar-refractivity contribution is 5.19. The van der Waals surface area contributed by atoms with Crippen LogP contribution in [0.15, 0.2) is 30.3 Å². The van der Waals surface area contributed by atoms with E-state index in [1.165, 1.54) is 0 Å². The zero-order chi connectivity index (χ0) is 10.4. The van der Waals surface area contributed by atoms with Crippen molar-refractivity contribution >= 4 is 0 Å². The van der Waals surface area contributed by atoms with E-state index in [9.17, 15) is 0 Å². The first-order valence-corrected chi connectivity index (χ1v) is 4.87. The molecule has 78 valence electrons. The summed E-state index contributed by atoms with van der Waals surface area (Å²) in [4.78, 5) is 0. The van der Waals surface area contributed by atoms with E-state index >= 15 is 0 Å². The van der Waals surface area contributed by atoms with Gasteiger partial charge in [-0.2, -0.15) is 0 Å². The molecule has 2 unspecified atom stereocenters. The number of hydrogen-bond donors (Lipinski definition) is 2. The molecule has 0 radical (unpaired) electrons. The maximum atomic E-state index is 5.47. The first kappa shape index (κ1) is 11.2. The molecule has 0 saturated carbocycles. The molecule has 0 fully saturated rings. The summed E-state index contributed by atoms with van der Waals surface area (Å²) in [6.45, 7) is 2.08. The lowest BCUT2D eigenvalue weighted by molar-refractivity contribution is 0.0666. The van der Waals surface area contributed by atoms with Crippen LogP contribution in [0.25, 0.3) is 0 Å². The molecule has 0 aliphatic rings. The van der Waals surface area contributed by atoms with E-state index in [-0.39, 0.29) is 12.1 Å². The first-order chi connectivity index (χ1) is 6.83. The van der Waals surface area contributed by atoms with E-state index in [2.05, 4.69) is 12.3 Å². The van der Waals surface area contributed by atoms with Gasteiger partial charge in [-0.15, -0.1) is 0 Å². The molecular formula is C11H18N2O. The monoisotopic (exact) mass is 194 g/mol. The van der Waals surface area contributed by atoms with E-state index in [0.717, 1.165) is 12.0 Å². The molecule has 2 atom stereocenters. The normalized spacial score (nSPS) is 15.1. The third-order valence-electron chi connectivity index (χ3n) is 2.40. The minimum atomic E-state index is 0.0196. The molecule has 1 aromatic rings. The summed E-state index contributed by atoms with van der Waals surface area (Å²) >= 11 is 0. The SMILES string of the molecule is CCC(NN)C(OC)c1ccccc1. The number of nitrogens with one attached hydrogen (secondary N) is 1. The summed E-state index contributed by atoms with van der Waals surface area (Å²) in [5.74, 6) is 5.47. The lowest BCUT2D eigenvalue weighted by Gasteiger charge is -2.24. The Labute approximate surface area is 85.2 Å². The number of rotatable bonds is 5. The molecule has 0 aliphatic carbocycles. The van der Waals surface area contributed by atoms with Crippen molar-refractivity contribution in [1.29, 1.82) is 0 Å². The van der Waals surface area contributed by atoms with Crippen molar-refractivity contribution in [1.82, 2.24) is 5.43 Å². The van der Waals surface area contributed by atoms with E-state index < -0.39 is 0 Å². The third kappa shape index (κ3) is 2.54. The predicted octanol–water partition coefficient (Wildman–Crippen LogP) is 1.62. The fraction of sp³-hybridized carbons (Fsp3) is 0.455. The standard InChI is InChI=1S/C11H18N2O/c1-3-10(13-12)11(14-2)9-7-5-4-6-8-9/h4-8,10-11,13H,3,12H2,1-2H3. The van der Waals surface area contributed by atoms with Gasteiger partial charge < -0.3 is 4.74 Å². The number of methoxy groups -OCH3 is 1. The number of benzene rings is 1. The van der Waals surface area contributed by atoms with Crippen LogP contribution in [0, 0.1) is 0 Å². The second kappa shape index (κ2) is 5.75. The van der Waals surface area contributed by atoms with E-state index in [4.69, 9.17) is 10.6 Å². The largest absolute Gasteiger partial charge is 0.375 e. The highest BCUT2D eigenvalue weighted by Crippen LogP contribution is 2.21. The highest BCUT2D eigenvalue weighted by Gasteiger charge is 2.19. The maximum absolute atomic E-state index is 5.47. The van der Waals surface area contributed by atoms with Crippen molar-refractivity contribution in [2.45, 2.75) is 25.5 Å². The van der Waals surface area contributed by atoms with Crippen LogP contribution < -0.4 is 11.3 Å². The molecule has 0 saturated heterocycles. The van der Waals surface area contributed by atoms with Crippen molar-refractivity contribution in [2.24, 2.45) is 5.84 Å². The fourth-order valence-corrected chi connectivity index (χ4v) is 1.59. The Hall–Kier alpha value is -0.900. The average molecular weight is 194 g/mol. The fourth-order valence-electron chi connectivity index (χ4n) is 1.59. The van der Waals surface area contributed by atoms with Crippen LogP contribution in [0.3, 0.4) is 0 Å². The molecule has 0 aromatic heterocycles. The number of hydrazine groups is 1. The molecule has 0 heterocycles. The first-order valence-electron chi connectivity index (χ1n) is 4.87. The van der Waals surface area contributed by atoms with Crippen molar-refractivity contribution in [3.63, 3.8) is 0 Å². The van der Waals surface area contributed by atoms with Gasteiger partial charge in [0.25, 0.3) is 0 Å². The van der Waals surface area contributed by atoms with Gasteiger partial charge in [-0.05, 0) is 12.0 Å². The van der Waals surface area contributed by atoms with E-state index in [0.29, 0.717) is 0 Å². The van der Waals surface area contributed by atoms with Crippen molar-refractivity contribution in [3.05, 3.63) is 35.9 Å². The van der Waals surface area contributed by atoms with Gasteiger partial charge in [0.2, 0.25) is 0 Å². The lowest BCUT2D eigenvalue weighted by Crippen LogP contribution is -2.39. The number of hydrogen-bond acceptors (Lipinski definition) is 3. The quantitative estimate of drug-likeness (QED) is 0.553. The second-order valence-corrected chi connectivity index (χ2v) is 3.25. The maximum Gasteiger partial charge on any atom is 0.0987 e. The Morgan fingerprint density at radius 1 is 1.36 bits per heavy atom. The van der Waals surface area contributed by atoms with Crippen molar-refractivity contribution in [2.75, 3.05) is 7.11 Å². The highest BCUT2D eigenvalue weighted by atomic mass is 16.5. The summed E-state index contributed by atoms with van der Waals surface area (Å²) in [5, 5.41) is 0. The summed E-state index contributed by atoms with van der Waals surface area (Å²) in [5.41, 5.74) is 3.93. The van der Waals surface area contributed by atoms with Crippen LogP contribution in [-0.4, -0.2) is 13.2 Å². The van der Waals surface area contributed by atoms with Gasteiger partial charge in [-0.25, -0.2) is 0 Å². The van der Waals surface area contributed by atoms with Gasteiger partial charge in [0, 0.05) is 7.11 Å². The Balaban J connectivity index is 2.81. The van der Waals surface area contributed by atoms with Gasteiger partial charge in [-0.3, -0.25) is 11.3 Å². The molecular weight excluding hydrogens is 176 g/mol. The van der Waals surface area contributed by atoms with Crippen LogP contribution in [0.5, 0.6) is 0 Å². The molecule has 3 N–H and O–H groups in total. The zero-order valence-corrected chi connectivity index (χ0v) is 8.73. The Kier molecular flexibility index (Phi) is 4.59. The summed E-state index contributed by atoms with van der Waals surface area (Å²) in [6, 6.07) is 10.3. The molecule has 1 aromatic carbocycles. The molecule has 3 heteroatoms. The van der Waals surface area contributed by atoms with E-state index in [1.54, 1.807) is 7.11 Å². The molecule has 0 aliphatic heterocycles. The van der Waals surface area contributed by atoms with Crippen LogP contribution in [0.4, 0.5) is 0 Å². The van der Waals surface area contributed by atoms with E-state index in [1.807, 2.05) is 30.3 Å². The second-order valence-electron chi connectivity index (χ2n) is 3.25. The number of ether oxygens (including phenoxy) is 1. The van der Waals surface area contributed by atoms with Gasteiger partial charge in [-0.1, -0.05) is 37.3 Å². The van der Waals surface area contributed by atoms with Gasteiger partial charge in [0.05, 0.1) is 12.1 Å². The van der Waals surface area contributed by atoms with Gasteiger partial charge in [0.15, 0.2) is 0 Å². The molecule has 0 amide bonds. The Morgan fingerprint density at radius 3 is 2.43 bits per heavy atom. The summed E-state index contributed by atoms with van der Waals surface area (Å²) in [6.07, 6.45) is 0.954. The lowest BCUT2D eigenvalue weighted by atomic mass is 10.0. The van der Waals surface area contributed by atoms with Crippen molar-refractivity contribution in [3.8, 4) is 0 Å². The third-order valence-corrected chi connectivity index (χ3v) is 2.40. The smallest absolute Gasteiger partial charge is 0.0987 e. The topological polar surface area (TPSA) is 47.3 Å². The summed E-state index contributed by atoms with van der Waals surface area (Å²) in [7, 11) is 1.71. The van der Waals surface area contributed by atoms with Gasteiger partial charge >= 0.3 is 0 Å². The molecule has 14 heavy (non-hydrogen) atoms. The van der Waals surface area contributed by atoms with Crippen LogP contribution in [-0.2, 0) is 4.74 Å². The minimum absolute atomic E-state index is 0.0196. The molecule has 1 rings (SSSR count). The Bertz CT molecular complexity index is 247. The molecule has 3 nitrogen and oxygen atoms in total. The molecule has 0 spiro atoms. The summed E-state index contributed by atoms with van der Waals surface area (Å²) < 4.78 is 5.44. The predicted molar refractivity (Wildman–Crippen MR) is 57.6 cm³/mol. The average Bonchev–Trinajstić information content (AvgIpc) is 2.27. The zero-order valence-electron chi connectivity index (χ0n) is 8.73. The Morgan fingerprint density at radius 2 is 2.00 bits per heavy atom.